The molecule has 1 aromatic carbocycles. The second kappa shape index (κ2) is 7.27. The average molecular weight is 247 g/mol. The summed E-state index contributed by atoms with van der Waals surface area (Å²) in [5, 5.41) is 2.60. The lowest BCUT2D eigenvalue weighted by Gasteiger charge is -2.00. The number of carbonyl (C=O) groups excluding carboxylic acids is 2. The van der Waals surface area contributed by atoms with Gasteiger partial charge in [0.05, 0.1) is 13.5 Å². The molecule has 1 aromatic rings. The van der Waals surface area contributed by atoms with E-state index in [4.69, 9.17) is 0 Å². The van der Waals surface area contributed by atoms with Crippen LogP contribution >= 0.6 is 0 Å². The molecular formula is C14H17NO3. The van der Waals surface area contributed by atoms with E-state index in [1.807, 2.05) is 31.2 Å². The quantitative estimate of drug-likeness (QED) is 0.636. The van der Waals surface area contributed by atoms with Crippen LogP contribution in [-0.4, -0.2) is 25.5 Å². The third-order valence-electron chi connectivity index (χ3n) is 2.36. The molecule has 96 valence electrons. The number of rotatable bonds is 5. The molecule has 0 saturated carbocycles. The molecule has 0 heterocycles. The Morgan fingerprint density at radius 1 is 1.28 bits per heavy atom. The summed E-state index contributed by atoms with van der Waals surface area (Å²) in [4.78, 5) is 22.2. The van der Waals surface area contributed by atoms with Gasteiger partial charge in [-0.3, -0.25) is 9.59 Å². The van der Waals surface area contributed by atoms with Crippen molar-refractivity contribution in [1.82, 2.24) is 5.32 Å². The van der Waals surface area contributed by atoms with Crippen LogP contribution < -0.4 is 5.32 Å². The molecule has 1 N–H and O–H groups in total. The van der Waals surface area contributed by atoms with E-state index in [9.17, 15) is 9.59 Å². The van der Waals surface area contributed by atoms with Gasteiger partial charge in [0.15, 0.2) is 0 Å². The van der Waals surface area contributed by atoms with Gasteiger partial charge >= 0.3 is 5.97 Å². The zero-order valence-electron chi connectivity index (χ0n) is 10.6. The first-order valence-electron chi connectivity index (χ1n) is 5.71. The molecule has 0 unspecified atom stereocenters. The Balaban J connectivity index is 2.35. The number of esters is 1. The second-order valence-electron chi connectivity index (χ2n) is 3.86. The van der Waals surface area contributed by atoms with E-state index in [1.54, 1.807) is 6.08 Å². The fourth-order valence-corrected chi connectivity index (χ4v) is 1.30. The maximum absolute atomic E-state index is 11.4. The van der Waals surface area contributed by atoms with Crippen molar-refractivity contribution in [3.8, 4) is 0 Å². The molecule has 4 nitrogen and oxygen atoms in total. The highest BCUT2D eigenvalue weighted by molar-refractivity contribution is 5.91. The van der Waals surface area contributed by atoms with Crippen molar-refractivity contribution in [3.05, 3.63) is 41.5 Å². The lowest BCUT2D eigenvalue weighted by molar-refractivity contribution is -0.140. The van der Waals surface area contributed by atoms with Gasteiger partial charge in [0.25, 0.3) is 0 Å². The number of methoxy groups -OCH3 is 1. The highest BCUT2D eigenvalue weighted by Crippen LogP contribution is 2.04. The third-order valence-corrected chi connectivity index (χ3v) is 2.36. The van der Waals surface area contributed by atoms with Crippen LogP contribution in [0.15, 0.2) is 30.3 Å². The summed E-state index contributed by atoms with van der Waals surface area (Å²) >= 11 is 0. The second-order valence-corrected chi connectivity index (χ2v) is 3.86. The molecule has 4 heteroatoms. The van der Waals surface area contributed by atoms with Gasteiger partial charge in [-0.1, -0.05) is 29.8 Å². The van der Waals surface area contributed by atoms with Crippen LogP contribution in [0.3, 0.4) is 0 Å². The minimum atomic E-state index is -0.335. The largest absolute Gasteiger partial charge is 0.469 e. The van der Waals surface area contributed by atoms with Crippen molar-refractivity contribution in [1.29, 1.82) is 0 Å². The maximum atomic E-state index is 11.4. The third kappa shape index (κ3) is 5.30. The summed E-state index contributed by atoms with van der Waals surface area (Å²) in [7, 11) is 1.32. The van der Waals surface area contributed by atoms with Gasteiger partial charge in [0, 0.05) is 12.6 Å². The predicted octanol–water partition coefficient (Wildman–Crippen LogP) is 1.69. The van der Waals surface area contributed by atoms with Crippen LogP contribution in [0.4, 0.5) is 0 Å². The van der Waals surface area contributed by atoms with E-state index < -0.39 is 0 Å². The monoisotopic (exact) mass is 247 g/mol. The highest BCUT2D eigenvalue weighted by Gasteiger charge is 2.00. The number of nitrogens with one attached hydrogen (secondary N) is 1. The Labute approximate surface area is 107 Å². The summed E-state index contributed by atoms with van der Waals surface area (Å²) in [5.74, 6) is -0.558. The first kappa shape index (κ1) is 14.0. The van der Waals surface area contributed by atoms with E-state index in [0.29, 0.717) is 0 Å². The normalized spacial score (nSPS) is 10.3. The van der Waals surface area contributed by atoms with Crippen molar-refractivity contribution in [2.45, 2.75) is 13.3 Å². The van der Waals surface area contributed by atoms with Gasteiger partial charge in [-0.05, 0) is 18.6 Å². The zero-order valence-corrected chi connectivity index (χ0v) is 10.6. The van der Waals surface area contributed by atoms with Crippen molar-refractivity contribution in [2.75, 3.05) is 13.7 Å². The fraction of sp³-hybridized carbons (Fsp3) is 0.286. The smallest absolute Gasteiger partial charge is 0.307 e. The van der Waals surface area contributed by atoms with Crippen molar-refractivity contribution in [3.63, 3.8) is 0 Å². The van der Waals surface area contributed by atoms with Crippen LogP contribution in [0.2, 0.25) is 0 Å². The topological polar surface area (TPSA) is 55.4 Å². The van der Waals surface area contributed by atoms with Gasteiger partial charge in [-0.15, -0.1) is 0 Å². The molecular weight excluding hydrogens is 230 g/mol. The summed E-state index contributed by atoms with van der Waals surface area (Å²) < 4.78 is 4.46. The minimum absolute atomic E-state index is 0.181. The van der Waals surface area contributed by atoms with Crippen LogP contribution in [0.25, 0.3) is 6.08 Å². The van der Waals surface area contributed by atoms with Crippen molar-refractivity contribution in [2.24, 2.45) is 0 Å². The lowest BCUT2D eigenvalue weighted by atomic mass is 10.1. The molecule has 0 aromatic heterocycles. The molecule has 0 aliphatic heterocycles. The lowest BCUT2D eigenvalue weighted by Crippen LogP contribution is -2.24. The molecule has 0 saturated heterocycles. The number of hydrogen-bond acceptors (Lipinski definition) is 3. The van der Waals surface area contributed by atoms with Gasteiger partial charge in [0.1, 0.15) is 0 Å². The number of amides is 1. The molecule has 0 aliphatic rings. The van der Waals surface area contributed by atoms with Crippen LogP contribution in [-0.2, 0) is 14.3 Å². The SMILES string of the molecule is COC(=O)CCNC(=O)/C=C/c1ccc(C)cc1. The van der Waals surface area contributed by atoms with Gasteiger partial charge in [-0.25, -0.2) is 0 Å². The minimum Gasteiger partial charge on any atom is -0.469 e. The molecule has 0 atom stereocenters. The van der Waals surface area contributed by atoms with E-state index >= 15 is 0 Å². The molecule has 18 heavy (non-hydrogen) atoms. The Bertz CT molecular complexity index is 435. The number of benzene rings is 1. The molecule has 0 spiro atoms. The Morgan fingerprint density at radius 2 is 1.94 bits per heavy atom. The fourth-order valence-electron chi connectivity index (χ4n) is 1.30. The van der Waals surface area contributed by atoms with E-state index in [2.05, 4.69) is 10.1 Å². The number of carbonyl (C=O) groups is 2. The van der Waals surface area contributed by atoms with E-state index in [-0.39, 0.29) is 24.8 Å². The van der Waals surface area contributed by atoms with Crippen molar-refractivity contribution < 1.29 is 14.3 Å². The van der Waals surface area contributed by atoms with E-state index in [0.717, 1.165) is 5.56 Å². The van der Waals surface area contributed by atoms with Gasteiger partial charge in [0.2, 0.25) is 5.91 Å². The average Bonchev–Trinajstić information content (AvgIpc) is 2.38. The summed E-state index contributed by atoms with van der Waals surface area (Å²) in [5.41, 5.74) is 2.14. The standard InChI is InChI=1S/C14H17NO3/c1-11-3-5-12(6-4-11)7-8-13(16)15-10-9-14(17)18-2/h3-8H,9-10H2,1-2H3,(H,15,16)/b8-7+. The Kier molecular flexibility index (Phi) is 5.64. The van der Waals surface area contributed by atoms with Crippen LogP contribution in [0.1, 0.15) is 17.5 Å². The number of aryl methyl sites for hydroxylation is 1. The van der Waals surface area contributed by atoms with Crippen LogP contribution in [0.5, 0.6) is 0 Å². The molecule has 0 bridgehead atoms. The van der Waals surface area contributed by atoms with E-state index in [1.165, 1.54) is 18.7 Å². The maximum Gasteiger partial charge on any atom is 0.307 e. The molecule has 1 amide bonds. The molecule has 0 radical (unpaired) electrons. The Morgan fingerprint density at radius 3 is 2.56 bits per heavy atom. The molecule has 0 aliphatic carbocycles. The van der Waals surface area contributed by atoms with Crippen molar-refractivity contribution >= 4 is 18.0 Å². The summed E-state index contributed by atoms with van der Waals surface area (Å²) in [6.07, 6.45) is 3.36. The van der Waals surface area contributed by atoms with Gasteiger partial charge < -0.3 is 10.1 Å². The number of hydrogen-bond donors (Lipinski definition) is 1. The predicted molar refractivity (Wildman–Crippen MR) is 69.9 cm³/mol. The molecule has 0 fully saturated rings. The summed E-state index contributed by atoms with van der Waals surface area (Å²) in [6.45, 7) is 2.29. The van der Waals surface area contributed by atoms with Crippen LogP contribution in [0, 0.1) is 6.92 Å². The summed E-state index contributed by atoms with van der Waals surface area (Å²) in [6, 6.07) is 7.84. The highest BCUT2D eigenvalue weighted by atomic mass is 16.5. The molecule has 1 rings (SSSR count). The zero-order chi connectivity index (χ0) is 13.4. The number of ether oxygens (including phenoxy) is 1. The Hall–Kier alpha value is -2.10. The first-order chi connectivity index (χ1) is 8.61. The first-order valence-corrected chi connectivity index (χ1v) is 5.71. The van der Waals surface area contributed by atoms with Gasteiger partial charge in [-0.2, -0.15) is 0 Å².